The Bertz CT molecular complexity index is 386. The summed E-state index contributed by atoms with van der Waals surface area (Å²) < 4.78 is 61.9. The Labute approximate surface area is 96.7 Å². The highest BCUT2D eigenvalue weighted by atomic mass is 32.2. The van der Waals surface area contributed by atoms with Crippen LogP contribution in [-0.2, 0) is 19.1 Å². The maximum atomic E-state index is 12.1. The van der Waals surface area contributed by atoms with E-state index in [9.17, 15) is 26.4 Å². The maximum Gasteiger partial charge on any atom is 0.523 e. The van der Waals surface area contributed by atoms with Crippen LogP contribution in [0.25, 0.3) is 0 Å². The molecular weight excluding hydrogens is 265 g/mol. The van der Waals surface area contributed by atoms with Gasteiger partial charge in [-0.3, -0.25) is 0 Å². The van der Waals surface area contributed by atoms with Crippen LogP contribution in [0.5, 0.6) is 0 Å². The van der Waals surface area contributed by atoms with Gasteiger partial charge in [-0.2, -0.15) is 21.6 Å². The first-order chi connectivity index (χ1) is 7.40. The lowest BCUT2D eigenvalue weighted by atomic mass is 9.88. The molecule has 5 nitrogen and oxygen atoms in total. The summed E-state index contributed by atoms with van der Waals surface area (Å²) in [4.78, 5) is 10.9. The van der Waals surface area contributed by atoms with Crippen molar-refractivity contribution in [1.82, 2.24) is 0 Å². The number of hydrogen-bond acceptors (Lipinski definition) is 4. The van der Waals surface area contributed by atoms with Crippen molar-refractivity contribution in [3.8, 4) is 0 Å². The van der Waals surface area contributed by atoms with Crippen molar-refractivity contribution in [2.24, 2.45) is 5.92 Å². The van der Waals surface area contributed by atoms with E-state index in [1.165, 1.54) is 20.8 Å². The Kier molecular flexibility index (Phi) is 4.57. The van der Waals surface area contributed by atoms with Gasteiger partial charge in [-0.15, -0.1) is 0 Å². The number of hydrogen-bond donors (Lipinski definition) is 1. The highest BCUT2D eigenvalue weighted by molar-refractivity contribution is 7.87. The highest BCUT2D eigenvalue weighted by Gasteiger charge is 2.55. The second kappa shape index (κ2) is 4.81. The molecule has 0 aromatic heterocycles. The second-order valence-electron chi connectivity index (χ2n) is 3.69. The number of carbonyl (C=O) groups is 1. The zero-order valence-corrected chi connectivity index (χ0v) is 10.2. The molecule has 0 aromatic rings. The first-order valence-corrected chi connectivity index (χ1v) is 6.07. The van der Waals surface area contributed by atoms with Gasteiger partial charge in [0.2, 0.25) is 0 Å². The zero-order chi connectivity index (χ0) is 14.1. The lowest BCUT2D eigenvalue weighted by molar-refractivity contribution is -0.161. The van der Waals surface area contributed by atoms with Crippen LogP contribution >= 0.6 is 0 Å². The summed E-state index contributed by atoms with van der Waals surface area (Å²) in [6.07, 6.45) is -0.407. The van der Waals surface area contributed by atoms with E-state index in [0.717, 1.165) is 0 Å². The van der Waals surface area contributed by atoms with E-state index in [4.69, 9.17) is 5.11 Å². The fourth-order valence-corrected chi connectivity index (χ4v) is 2.11. The van der Waals surface area contributed by atoms with Crippen LogP contribution in [0.3, 0.4) is 0 Å². The van der Waals surface area contributed by atoms with Crippen LogP contribution in [0.4, 0.5) is 13.2 Å². The van der Waals surface area contributed by atoms with Crippen molar-refractivity contribution in [3.05, 3.63) is 0 Å². The zero-order valence-electron chi connectivity index (χ0n) is 9.41. The van der Waals surface area contributed by atoms with E-state index in [1.807, 2.05) is 0 Å². The van der Waals surface area contributed by atoms with E-state index in [-0.39, 0.29) is 0 Å². The van der Waals surface area contributed by atoms with Gasteiger partial charge in [0.25, 0.3) is 0 Å². The van der Waals surface area contributed by atoms with Gasteiger partial charge in [-0.05, 0) is 12.3 Å². The molecular formula is C8H13F3O5S. The molecule has 0 amide bonds. The number of carboxylic acid groups (broad SMARTS) is 1. The summed E-state index contributed by atoms with van der Waals surface area (Å²) in [6, 6.07) is 0. The van der Waals surface area contributed by atoms with Crippen molar-refractivity contribution in [3.63, 3.8) is 0 Å². The van der Waals surface area contributed by atoms with Crippen molar-refractivity contribution in [1.29, 1.82) is 0 Å². The van der Waals surface area contributed by atoms with Gasteiger partial charge < -0.3 is 5.11 Å². The van der Waals surface area contributed by atoms with Crippen molar-refractivity contribution in [2.45, 2.75) is 38.3 Å². The van der Waals surface area contributed by atoms with Crippen LogP contribution in [0, 0.1) is 5.92 Å². The molecule has 0 aliphatic carbocycles. The minimum Gasteiger partial charge on any atom is -0.479 e. The minimum atomic E-state index is -5.94. The van der Waals surface area contributed by atoms with E-state index in [0.29, 0.717) is 0 Å². The van der Waals surface area contributed by atoms with E-state index in [1.54, 1.807) is 0 Å². The van der Waals surface area contributed by atoms with Gasteiger partial charge in [0.05, 0.1) is 0 Å². The standard InChI is InChI=1S/C8H13F3O5S/c1-4-7(5(2)3,6(12)13)16-17(14,15)8(9,10)11/h5H,4H2,1-3H3,(H,12,13). The summed E-state index contributed by atoms with van der Waals surface area (Å²) in [5.74, 6) is -2.69. The van der Waals surface area contributed by atoms with Gasteiger partial charge in [0, 0.05) is 0 Å². The molecule has 0 spiro atoms. The molecule has 0 rings (SSSR count). The Morgan fingerprint density at radius 2 is 1.76 bits per heavy atom. The van der Waals surface area contributed by atoms with Gasteiger partial charge in [-0.1, -0.05) is 20.8 Å². The molecule has 1 N–H and O–H groups in total. The number of carboxylic acids is 1. The lowest BCUT2D eigenvalue weighted by Gasteiger charge is -2.31. The molecule has 1 atom stereocenters. The molecule has 0 saturated carbocycles. The summed E-state index contributed by atoms with van der Waals surface area (Å²) in [5.41, 5.74) is -8.05. The summed E-state index contributed by atoms with van der Waals surface area (Å²) in [6.45, 7) is 3.77. The monoisotopic (exact) mass is 278 g/mol. The molecule has 0 radical (unpaired) electrons. The molecule has 0 fully saturated rings. The molecule has 0 saturated heterocycles. The van der Waals surface area contributed by atoms with E-state index >= 15 is 0 Å². The largest absolute Gasteiger partial charge is 0.523 e. The predicted molar refractivity (Wildman–Crippen MR) is 51.6 cm³/mol. The van der Waals surface area contributed by atoms with Crippen LogP contribution in [0.2, 0.25) is 0 Å². The Morgan fingerprint density at radius 1 is 1.35 bits per heavy atom. The van der Waals surface area contributed by atoms with Crippen molar-refractivity contribution in [2.75, 3.05) is 0 Å². The molecule has 17 heavy (non-hydrogen) atoms. The summed E-state index contributed by atoms with van der Waals surface area (Å²) in [7, 11) is -5.94. The second-order valence-corrected chi connectivity index (χ2v) is 5.22. The number of aliphatic carboxylic acids is 1. The third kappa shape index (κ3) is 3.09. The molecule has 0 aliphatic heterocycles. The molecule has 1 unspecified atom stereocenters. The molecule has 0 heterocycles. The van der Waals surface area contributed by atoms with Crippen molar-refractivity contribution >= 4 is 16.1 Å². The van der Waals surface area contributed by atoms with E-state index in [2.05, 4.69) is 4.18 Å². The highest BCUT2D eigenvalue weighted by Crippen LogP contribution is 2.34. The molecule has 0 aromatic carbocycles. The van der Waals surface area contributed by atoms with Gasteiger partial charge in [-0.25, -0.2) is 8.98 Å². The first kappa shape index (κ1) is 16.2. The van der Waals surface area contributed by atoms with Gasteiger partial charge >= 0.3 is 21.6 Å². The molecule has 102 valence electrons. The third-order valence-corrected chi connectivity index (χ3v) is 3.45. The Balaban J connectivity index is 5.52. The Morgan fingerprint density at radius 3 is 1.94 bits per heavy atom. The first-order valence-electron chi connectivity index (χ1n) is 4.66. The van der Waals surface area contributed by atoms with Crippen LogP contribution in [0.1, 0.15) is 27.2 Å². The average Bonchev–Trinajstić information content (AvgIpc) is 2.11. The van der Waals surface area contributed by atoms with Crippen molar-refractivity contribution < 1.29 is 35.7 Å². The summed E-state index contributed by atoms with van der Waals surface area (Å²) in [5, 5.41) is 8.87. The fourth-order valence-electron chi connectivity index (χ4n) is 1.24. The number of rotatable bonds is 5. The SMILES string of the molecule is CCC(OS(=O)(=O)C(F)(F)F)(C(=O)O)C(C)C. The molecule has 9 heteroatoms. The number of halogens is 3. The third-order valence-electron chi connectivity index (χ3n) is 2.36. The van der Waals surface area contributed by atoms with Gasteiger partial charge in [0.15, 0.2) is 5.60 Å². The van der Waals surface area contributed by atoms with Crippen LogP contribution < -0.4 is 0 Å². The smallest absolute Gasteiger partial charge is 0.479 e. The van der Waals surface area contributed by atoms with Gasteiger partial charge in [0.1, 0.15) is 0 Å². The summed E-state index contributed by atoms with van der Waals surface area (Å²) >= 11 is 0. The van der Waals surface area contributed by atoms with Crippen LogP contribution in [-0.4, -0.2) is 30.6 Å². The lowest BCUT2D eigenvalue weighted by Crippen LogP contribution is -2.49. The topological polar surface area (TPSA) is 80.7 Å². The Hall–Kier alpha value is -0.830. The fraction of sp³-hybridized carbons (Fsp3) is 0.875. The number of alkyl halides is 3. The molecule has 0 aliphatic rings. The van der Waals surface area contributed by atoms with Crippen LogP contribution in [0.15, 0.2) is 0 Å². The predicted octanol–water partition coefficient (Wildman–Crippen LogP) is 1.74. The maximum absolute atomic E-state index is 12.1. The normalized spacial score (nSPS) is 16.9. The minimum absolute atomic E-state index is 0.407. The molecule has 0 bridgehead atoms. The quantitative estimate of drug-likeness (QED) is 0.612. The van der Waals surface area contributed by atoms with E-state index < -0.39 is 39.5 Å². The average molecular weight is 278 g/mol.